The number of rotatable bonds is 3. The highest BCUT2D eigenvalue weighted by molar-refractivity contribution is 6.44. The van der Waals surface area contributed by atoms with E-state index in [-0.39, 0.29) is 6.04 Å². The van der Waals surface area contributed by atoms with Crippen molar-refractivity contribution in [2.45, 2.75) is 19.9 Å². The van der Waals surface area contributed by atoms with Gasteiger partial charge in [-0.3, -0.25) is 0 Å². The van der Waals surface area contributed by atoms with E-state index in [1.165, 1.54) is 11.1 Å². The van der Waals surface area contributed by atoms with Crippen molar-refractivity contribution in [3.63, 3.8) is 0 Å². The van der Waals surface area contributed by atoms with Crippen LogP contribution in [0, 0.1) is 6.92 Å². The van der Waals surface area contributed by atoms with Crippen LogP contribution in [-0.4, -0.2) is 0 Å². The van der Waals surface area contributed by atoms with E-state index in [1.807, 2.05) is 12.1 Å². The monoisotopic (exact) mass is 313 g/mol. The Bertz CT molecular complexity index is 596. The zero-order valence-electron chi connectivity index (χ0n) is 10.7. The Labute approximate surface area is 128 Å². The third-order valence-corrected chi connectivity index (χ3v) is 4.07. The summed E-state index contributed by atoms with van der Waals surface area (Å²) < 4.78 is 0. The summed E-state index contributed by atoms with van der Waals surface area (Å²) in [6.07, 6.45) is 0. The van der Waals surface area contributed by atoms with Crippen LogP contribution >= 0.6 is 34.8 Å². The number of benzene rings is 2. The van der Waals surface area contributed by atoms with Crippen molar-refractivity contribution in [1.29, 1.82) is 0 Å². The highest BCUT2D eigenvalue weighted by Gasteiger charge is 2.11. The summed E-state index contributed by atoms with van der Waals surface area (Å²) in [6.45, 7) is 4.17. The first-order valence-corrected chi connectivity index (χ1v) is 7.09. The molecule has 0 amide bonds. The van der Waals surface area contributed by atoms with Gasteiger partial charge < -0.3 is 5.32 Å². The Balaban J connectivity index is 2.27. The topological polar surface area (TPSA) is 12.0 Å². The van der Waals surface area contributed by atoms with Crippen molar-refractivity contribution in [2.75, 3.05) is 5.32 Å². The first kappa shape index (κ1) is 14.5. The molecule has 0 saturated heterocycles. The Morgan fingerprint density at radius 1 is 0.947 bits per heavy atom. The molecule has 0 aromatic heterocycles. The third-order valence-electron chi connectivity index (χ3n) is 3.04. The molecule has 2 aromatic rings. The van der Waals surface area contributed by atoms with Gasteiger partial charge in [0.2, 0.25) is 0 Å². The molecular formula is C15H14Cl3N. The van der Waals surface area contributed by atoms with E-state index < -0.39 is 0 Å². The van der Waals surface area contributed by atoms with E-state index in [2.05, 4.69) is 31.3 Å². The second-order valence-electron chi connectivity index (χ2n) is 4.47. The molecule has 0 aliphatic carbocycles. The van der Waals surface area contributed by atoms with Gasteiger partial charge in [-0.1, -0.05) is 59.1 Å². The van der Waals surface area contributed by atoms with Gasteiger partial charge in [-0.05, 0) is 37.1 Å². The fourth-order valence-corrected chi connectivity index (χ4v) is 2.62. The maximum atomic E-state index is 6.17. The van der Waals surface area contributed by atoms with Crippen molar-refractivity contribution in [3.05, 3.63) is 62.6 Å². The molecule has 0 radical (unpaired) electrons. The summed E-state index contributed by atoms with van der Waals surface area (Å²) in [5, 5.41) is 4.88. The standard InChI is InChI=1S/C15H14Cl3N/c1-9-5-3-4-6-11(9)10(2)19-15-8-13(17)12(16)7-14(15)18/h3-8,10,19H,1-2H3. The van der Waals surface area contributed by atoms with Crippen LogP contribution in [0.4, 0.5) is 5.69 Å². The van der Waals surface area contributed by atoms with Crippen molar-refractivity contribution in [2.24, 2.45) is 0 Å². The molecule has 0 aliphatic rings. The predicted molar refractivity (Wildman–Crippen MR) is 84.7 cm³/mol. The normalized spacial score (nSPS) is 12.3. The van der Waals surface area contributed by atoms with Gasteiger partial charge in [0, 0.05) is 6.04 Å². The number of hydrogen-bond acceptors (Lipinski definition) is 1. The average Bonchev–Trinajstić information content (AvgIpc) is 2.36. The Morgan fingerprint density at radius 2 is 1.58 bits per heavy atom. The predicted octanol–water partition coefficient (Wildman–Crippen LogP) is 6.13. The van der Waals surface area contributed by atoms with E-state index in [9.17, 15) is 0 Å². The van der Waals surface area contributed by atoms with Crippen LogP contribution in [0.1, 0.15) is 24.1 Å². The summed E-state index contributed by atoms with van der Waals surface area (Å²) in [7, 11) is 0. The lowest BCUT2D eigenvalue weighted by Gasteiger charge is -2.19. The summed E-state index contributed by atoms with van der Waals surface area (Å²) >= 11 is 18.1. The Hall–Kier alpha value is -0.890. The number of hydrogen-bond donors (Lipinski definition) is 1. The summed E-state index contributed by atoms with van der Waals surface area (Å²) in [5.74, 6) is 0. The minimum absolute atomic E-state index is 0.135. The highest BCUT2D eigenvalue weighted by atomic mass is 35.5. The molecule has 19 heavy (non-hydrogen) atoms. The van der Waals surface area contributed by atoms with E-state index in [0.717, 1.165) is 5.69 Å². The smallest absolute Gasteiger partial charge is 0.0653 e. The van der Waals surface area contributed by atoms with Crippen molar-refractivity contribution in [1.82, 2.24) is 0 Å². The number of anilines is 1. The van der Waals surface area contributed by atoms with Gasteiger partial charge in [-0.25, -0.2) is 0 Å². The molecule has 2 aromatic carbocycles. The minimum atomic E-state index is 0.135. The third kappa shape index (κ3) is 3.36. The molecule has 0 aliphatic heterocycles. The molecule has 100 valence electrons. The molecule has 4 heteroatoms. The first-order chi connectivity index (χ1) is 8.99. The number of nitrogens with one attached hydrogen (secondary N) is 1. The highest BCUT2D eigenvalue weighted by Crippen LogP contribution is 2.34. The van der Waals surface area contributed by atoms with Crippen LogP contribution in [0.25, 0.3) is 0 Å². The molecule has 0 spiro atoms. The fraction of sp³-hybridized carbons (Fsp3) is 0.200. The van der Waals surface area contributed by atoms with Crippen LogP contribution in [0.2, 0.25) is 15.1 Å². The maximum Gasteiger partial charge on any atom is 0.0653 e. The van der Waals surface area contributed by atoms with Gasteiger partial charge in [0.25, 0.3) is 0 Å². The molecule has 1 nitrogen and oxygen atoms in total. The second-order valence-corrected chi connectivity index (χ2v) is 5.69. The number of aryl methyl sites for hydroxylation is 1. The zero-order valence-corrected chi connectivity index (χ0v) is 12.9. The molecule has 0 heterocycles. The molecule has 0 bridgehead atoms. The van der Waals surface area contributed by atoms with Crippen LogP contribution in [0.3, 0.4) is 0 Å². The van der Waals surface area contributed by atoms with Gasteiger partial charge in [0.15, 0.2) is 0 Å². The van der Waals surface area contributed by atoms with Gasteiger partial charge in [0.05, 0.1) is 20.8 Å². The molecule has 1 atom stereocenters. The van der Waals surface area contributed by atoms with E-state index in [4.69, 9.17) is 34.8 Å². The van der Waals surface area contributed by atoms with E-state index in [0.29, 0.717) is 15.1 Å². The molecule has 0 saturated carbocycles. The van der Waals surface area contributed by atoms with Gasteiger partial charge in [0.1, 0.15) is 0 Å². The summed E-state index contributed by atoms with van der Waals surface area (Å²) in [5.41, 5.74) is 3.25. The first-order valence-electron chi connectivity index (χ1n) is 5.95. The number of halogens is 3. The summed E-state index contributed by atoms with van der Waals surface area (Å²) in [6, 6.07) is 11.8. The minimum Gasteiger partial charge on any atom is -0.377 e. The van der Waals surface area contributed by atoms with E-state index in [1.54, 1.807) is 12.1 Å². The van der Waals surface area contributed by atoms with Gasteiger partial charge in [-0.15, -0.1) is 0 Å². The molecule has 0 fully saturated rings. The molecule has 1 N–H and O–H groups in total. The molecule has 2 rings (SSSR count). The fourth-order valence-electron chi connectivity index (χ4n) is 2.02. The van der Waals surface area contributed by atoms with Crippen LogP contribution in [0.15, 0.2) is 36.4 Å². The van der Waals surface area contributed by atoms with Crippen LogP contribution in [0.5, 0.6) is 0 Å². The Kier molecular flexibility index (Phi) is 4.62. The molecular weight excluding hydrogens is 301 g/mol. The lowest BCUT2D eigenvalue weighted by molar-refractivity contribution is 0.874. The lowest BCUT2D eigenvalue weighted by atomic mass is 10.0. The SMILES string of the molecule is Cc1ccccc1C(C)Nc1cc(Cl)c(Cl)cc1Cl. The lowest BCUT2D eigenvalue weighted by Crippen LogP contribution is -2.08. The summed E-state index contributed by atoms with van der Waals surface area (Å²) in [4.78, 5) is 0. The molecule has 1 unspecified atom stereocenters. The van der Waals surface area contributed by atoms with Gasteiger partial charge in [-0.2, -0.15) is 0 Å². The van der Waals surface area contributed by atoms with Crippen LogP contribution < -0.4 is 5.32 Å². The maximum absolute atomic E-state index is 6.17. The van der Waals surface area contributed by atoms with Crippen LogP contribution in [-0.2, 0) is 0 Å². The average molecular weight is 315 g/mol. The second kappa shape index (κ2) is 6.04. The zero-order chi connectivity index (χ0) is 14.0. The largest absolute Gasteiger partial charge is 0.377 e. The van der Waals surface area contributed by atoms with Crippen molar-refractivity contribution >= 4 is 40.5 Å². The van der Waals surface area contributed by atoms with Gasteiger partial charge >= 0.3 is 0 Å². The quantitative estimate of drug-likeness (QED) is 0.672. The van der Waals surface area contributed by atoms with Crippen molar-refractivity contribution < 1.29 is 0 Å². The Morgan fingerprint density at radius 3 is 2.26 bits per heavy atom. The van der Waals surface area contributed by atoms with E-state index >= 15 is 0 Å². The van der Waals surface area contributed by atoms with Crippen molar-refractivity contribution in [3.8, 4) is 0 Å².